The van der Waals surface area contributed by atoms with Gasteiger partial charge in [0.1, 0.15) is 5.76 Å². The molecule has 1 aromatic rings. The number of nitrogens with one attached hydrogen (secondary N) is 1. The van der Waals surface area contributed by atoms with E-state index in [9.17, 15) is 14.7 Å². The highest BCUT2D eigenvalue weighted by Crippen LogP contribution is 2.24. The third-order valence-corrected chi connectivity index (χ3v) is 4.38. The van der Waals surface area contributed by atoms with E-state index in [4.69, 9.17) is 4.42 Å². The number of carbonyl (C=O) groups is 2. The molecule has 1 aliphatic rings. The second kappa shape index (κ2) is 9.27. The van der Waals surface area contributed by atoms with E-state index in [0.717, 1.165) is 25.7 Å². The van der Waals surface area contributed by atoms with Crippen molar-refractivity contribution in [2.24, 2.45) is 5.92 Å². The quantitative estimate of drug-likeness (QED) is 0.745. The van der Waals surface area contributed by atoms with Crippen LogP contribution in [0.2, 0.25) is 0 Å². The van der Waals surface area contributed by atoms with Gasteiger partial charge < -0.3 is 19.7 Å². The molecule has 2 unspecified atom stereocenters. The first-order chi connectivity index (χ1) is 11.6. The molecule has 0 aromatic carbocycles. The van der Waals surface area contributed by atoms with E-state index in [-0.39, 0.29) is 36.8 Å². The van der Waals surface area contributed by atoms with Gasteiger partial charge in [-0.1, -0.05) is 12.8 Å². The van der Waals surface area contributed by atoms with Crippen molar-refractivity contribution in [2.45, 2.75) is 38.2 Å². The molecule has 0 spiro atoms. The molecule has 0 aliphatic heterocycles. The highest BCUT2D eigenvalue weighted by atomic mass is 16.3. The average molecular weight is 334 g/mol. The fourth-order valence-electron chi connectivity index (χ4n) is 2.94. The van der Waals surface area contributed by atoms with Crippen molar-refractivity contribution in [1.29, 1.82) is 0 Å². The van der Waals surface area contributed by atoms with Crippen molar-refractivity contribution >= 4 is 17.9 Å². The third kappa shape index (κ3) is 5.85. The van der Waals surface area contributed by atoms with Gasteiger partial charge in [0.25, 0.3) is 0 Å². The molecular formula is C18H26N2O4. The van der Waals surface area contributed by atoms with Crippen molar-refractivity contribution in [3.63, 3.8) is 0 Å². The minimum atomic E-state index is -0.305. The van der Waals surface area contributed by atoms with Gasteiger partial charge in [0.15, 0.2) is 0 Å². The van der Waals surface area contributed by atoms with E-state index in [1.165, 1.54) is 12.3 Å². The minimum absolute atomic E-state index is 0.0249. The van der Waals surface area contributed by atoms with Crippen LogP contribution < -0.4 is 5.32 Å². The number of aliphatic hydroxyl groups excluding tert-OH is 1. The smallest absolute Gasteiger partial charge is 0.244 e. The maximum absolute atomic E-state index is 12.1. The Hall–Kier alpha value is -2.08. The molecule has 132 valence electrons. The van der Waals surface area contributed by atoms with Crippen molar-refractivity contribution < 1.29 is 19.1 Å². The zero-order chi connectivity index (χ0) is 17.4. The summed E-state index contributed by atoms with van der Waals surface area (Å²) in [6.07, 6.45) is 8.40. The molecule has 2 atom stereocenters. The Bertz CT molecular complexity index is 553. The fraction of sp³-hybridized carbons (Fsp3) is 0.556. The van der Waals surface area contributed by atoms with Crippen LogP contribution in [0.15, 0.2) is 28.9 Å². The molecule has 0 radical (unpaired) electrons. The number of rotatable bonds is 7. The number of nitrogens with zero attached hydrogens (tertiary/aromatic N) is 1. The van der Waals surface area contributed by atoms with Gasteiger partial charge in [-0.05, 0) is 31.1 Å². The van der Waals surface area contributed by atoms with Crippen LogP contribution in [-0.4, -0.2) is 48.1 Å². The van der Waals surface area contributed by atoms with E-state index in [0.29, 0.717) is 12.3 Å². The molecule has 1 fully saturated rings. The summed E-state index contributed by atoms with van der Waals surface area (Å²) in [6.45, 7) is 0.865. The first-order valence-corrected chi connectivity index (χ1v) is 8.47. The second-order valence-electron chi connectivity index (χ2n) is 6.28. The Morgan fingerprint density at radius 1 is 1.42 bits per heavy atom. The standard InChI is InChI=1S/C18H26N2O4/c1-20(13-14-5-2-3-7-16(14)21)18(23)10-11-19-17(22)9-8-15-6-4-12-24-15/h4,6,8-9,12,14,16,21H,2-3,5,7,10-11,13H2,1H3,(H,19,22)/b9-8+. The summed E-state index contributed by atoms with van der Waals surface area (Å²) in [4.78, 5) is 25.4. The lowest BCUT2D eigenvalue weighted by Gasteiger charge is -2.31. The summed E-state index contributed by atoms with van der Waals surface area (Å²) in [6, 6.07) is 3.50. The zero-order valence-corrected chi connectivity index (χ0v) is 14.1. The monoisotopic (exact) mass is 334 g/mol. The highest BCUT2D eigenvalue weighted by Gasteiger charge is 2.25. The minimum Gasteiger partial charge on any atom is -0.465 e. The molecule has 0 saturated heterocycles. The Morgan fingerprint density at radius 2 is 2.21 bits per heavy atom. The number of amides is 2. The second-order valence-corrected chi connectivity index (χ2v) is 6.28. The highest BCUT2D eigenvalue weighted by molar-refractivity contribution is 5.91. The van der Waals surface area contributed by atoms with Crippen molar-refractivity contribution in [1.82, 2.24) is 10.2 Å². The SMILES string of the molecule is CN(CC1CCCCC1O)C(=O)CCNC(=O)/C=C/c1ccco1. The molecule has 1 aromatic heterocycles. The van der Waals surface area contributed by atoms with Gasteiger partial charge >= 0.3 is 0 Å². The van der Waals surface area contributed by atoms with Crippen molar-refractivity contribution in [2.75, 3.05) is 20.1 Å². The molecule has 1 saturated carbocycles. The number of furan rings is 1. The van der Waals surface area contributed by atoms with Crippen LogP contribution in [0.5, 0.6) is 0 Å². The lowest BCUT2D eigenvalue weighted by atomic mass is 9.86. The Labute approximate surface area is 142 Å². The van der Waals surface area contributed by atoms with E-state index < -0.39 is 0 Å². The molecule has 24 heavy (non-hydrogen) atoms. The zero-order valence-electron chi connectivity index (χ0n) is 14.1. The van der Waals surface area contributed by atoms with Crippen LogP contribution in [0, 0.1) is 5.92 Å². The van der Waals surface area contributed by atoms with Gasteiger partial charge in [0.2, 0.25) is 11.8 Å². The van der Waals surface area contributed by atoms with Gasteiger partial charge in [0.05, 0.1) is 12.4 Å². The van der Waals surface area contributed by atoms with Gasteiger partial charge in [-0.15, -0.1) is 0 Å². The maximum Gasteiger partial charge on any atom is 0.244 e. The molecule has 2 amide bonds. The van der Waals surface area contributed by atoms with Crippen molar-refractivity contribution in [3.8, 4) is 0 Å². The summed E-state index contributed by atoms with van der Waals surface area (Å²) >= 11 is 0. The molecule has 2 rings (SSSR count). The van der Waals surface area contributed by atoms with E-state index >= 15 is 0 Å². The summed E-state index contributed by atoms with van der Waals surface area (Å²) in [5.74, 6) is 0.484. The summed E-state index contributed by atoms with van der Waals surface area (Å²) in [5.41, 5.74) is 0. The van der Waals surface area contributed by atoms with Crippen LogP contribution in [0.25, 0.3) is 6.08 Å². The largest absolute Gasteiger partial charge is 0.465 e. The van der Waals surface area contributed by atoms with Gasteiger partial charge in [0, 0.05) is 38.6 Å². The van der Waals surface area contributed by atoms with Gasteiger partial charge in [-0.3, -0.25) is 9.59 Å². The molecule has 6 heteroatoms. The van der Waals surface area contributed by atoms with Crippen LogP contribution in [-0.2, 0) is 9.59 Å². The number of hydrogen-bond donors (Lipinski definition) is 2. The topological polar surface area (TPSA) is 82.8 Å². The number of hydrogen-bond acceptors (Lipinski definition) is 4. The van der Waals surface area contributed by atoms with Crippen LogP contribution in [0.4, 0.5) is 0 Å². The Kier molecular flexibility index (Phi) is 7.06. The van der Waals surface area contributed by atoms with E-state index in [1.807, 2.05) is 0 Å². The molecule has 0 bridgehead atoms. The van der Waals surface area contributed by atoms with Crippen LogP contribution >= 0.6 is 0 Å². The number of carbonyl (C=O) groups excluding carboxylic acids is 2. The predicted octanol–water partition coefficient (Wildman–Crippen LogP) is 1.81. The Morgan fingerprint density at radius 3 is 2.92 bits per heavy atom. The summed E-state index contributed by atoms with van der Waals surface area (Å²) < 4.78 is 5.09. The van der Waals surface area contributed by atoms with Crippen LogP contribution in [0.1, 0.15) is 37.9 Å². The average Bonchev–Trinajstić information content (AvgIpc) is 3.08. The summed E-state index contributed by atoms with van der Waals surface area (Å²) in [7, 11) is 1.75. The van der Waals surface area contributed by atoms with Crippen molar-refractivity contribution in [3.05, 3.63) is 30.2 Å². The molecule has 1 aliphatic carbocycles. The van der Waals surface area contributed by atoms with E-state index in [2.05, 4.69) is 5.32 Å². The maximum atomic E-state index is 12.1. The molecule has 6 nitrogen and oxygen atoms in total. The molecule has 1 heterocycles. The normalized spacial score (nSPS) is 20.9. The first kappa shape index (κ1) is 18.3. The predicted molar refractivity (Wildman–Crippen MR) is 91.0 cm³/mol. The Balaban J connectivity index is 1.65. The first-order valence-electron chi connectivity index (χ1n) is 8.47. The molecular weight excluding hydrogens is 308 g/mol. The fourth-order valence-corrected chi connectivity index (χ4v) is 2.94. The number of aliphatic hydroxyl groups is 1. The van der Waals surface area contributed by atoms with E-state index in [1.54, 1.807) is 30.2 Å². The lowest BCUT2D eigenvalue weighted by Crippen LogP contribution is -2.39. The lowest BCUT2D eigenvalue weighted by molar-refractivity contribution is -0.131. The third-order valence-electron chi connectivity index (χ3n) is 4.38. The van der Waals surface area contributed by atoms with Gasteiger partial charge in [-0.25, -0.2) is 0 Å². The van der Waals surface area contributed by atoms with Gasteiger partial charge in [-0.2, -0.15) is 0 Å². The summed E-state index contributed by atoms with van der Waals surface area (Å²) in [5, 5.41) is 12.7. The molecule has 2 N–H and O–H groups in total. The van der Waals surface area contributed by atoms with Crippen LogP contribution in [0.3, 0.4) is 0 Å².